The summed E-state index contributed by atoms with van der Waals surface area (Å²) in [5, 5.41) is 2.64. The second-order valence-electron chi connectivity index (χ2n) is 6.06. The zero-order chi connectivity index (χ0) is 22.3. The first-order chi connectivity index (χ1) is 14.9. The molecule has 0 aliphatic heterocycles. The lowest BCUT2D eigenvalue weighted by Crippen LogP contribution is -2.20. The van der Waals surface area contributed by atoms with Gasteiger partial charge in [-0.2, -0.15) is 9.97 Å². The number of carbonyl (C=O) groups excluding carboxylic acids is 1. The van der Waals surface area contributed by atoms with Gasteiger partial charge in [0.05, 0.1) is 19.1 Å². The quantitative estimate of drug-likeness (QED) is 0.514. The van der Waals surface area contributed by atoms with Crippen LogP contribution in [0.2, 0.25) is 0 Å². The molecule has 0 spiro atoms. The van der Waals surface area contributed by atoms with Crippen molar-refractivity contribution in [3.63, 3.8) is 0 Å². The standard InChI is InChI=1S/C20H20N4O6S/c1-28-19-12-17(22-20(23-19)29-2)24-31(26,27)16-10-8-14(9-11-16)21-18(25)13-30-15-6-4-3-5-7-15/h3-12H,13H2,1-2H3,(H,21,25)(H,22,23,24). The molecular weight excluding hydrogens is 424 g/mol. The Balaban J connectivity index is 1.64. The summed E-state index contributed by atoms with van der Waals surface area (Å²) in [4.78, 5) is 19.8. The fourth-order valence-electron chi connectivity index (χ4n) is 2.43. The average molecular weight is 444 g/mol. The topological polar surface area (TPSA) is 129 Å². The summed E-state index contributed by atoms with van der Waals surface area (Å²) in [5.74, 6) is 0.320. The fraction of sp³-hybridized carbons (Fsp3) is 0.150. The third kappa shape index (κ3) is 6.06. The Morgan fingerprint density at radius 3 is 2.32 bits per heavy atom. The molecule has 0 fully saturated rings. The van der Waals surface area contributed by atoms with Crippen molar-refractivity contribution >= 4 is 27.4 Å². The van der Waals surface area contributed by atoms with Gasteiger partial charge in [0.25, 0.3) is 15.9 Å². The molecule has 0 unspecified atom stereocenters. The second-order valence-corrected chi connectivity index (χ2v) is 7.74. The maximum absolute atomic E-state index is 12.6. The van der Waals surface area contributed by atoms with E-state index in [1.54, 1.807) is 24.3 Å². The molecule has 0 saturated heterocycles. The Bertz CT molecular complexity index is 1120. The summed E-state index contributed by atoms with van der Waals surface area (Å²) >= 11 is 0. The summed E-state index contributed by atoms with van der Waals surface area (Å²) in [7, 11) is -1.20. The van der Waals surface area contributed by atoms with Crippen LogP contribution in [0.4, 0.5) is 11.5 Å². The minimum absolute atomic E-state index is 0.0147. The number of para-hydroxylation sites is 1. The first kappa shape index (κ1) is 21.8. The van der Waals surface area contributed by atoms with Gasteiger partial charge in [-0.3, -0.25) is 9.52 Å². The van der Waals surface area contributed by atoms with E-state index in [0.717, 1.165) is 0 Å². The summed E-state index contributed by atoms with van der Waals surface area (Å²) in [6.45, 7) is -0.178. The van der Waals surface area contributed by atoms with E-state index in [9.17, 15) is 13.2 Å². The highest BCUT2D eigenvalue weighted by Gasteiger charge is 2.17. The van der Waals surface area contributed by atoms with Crippen LogP contribution in [-0.4, -0.2) is 45.1 Å². The number of sulfonamides is 1. The van der Waals surface area contributed by atoms with Gasteiger partial charge >= 0.3 is 6.01 Å². The summed E-state index contributed by atoms with van der Waals surface area (Å²) in [6.07, 6.45) is 0. The number of amides is 1. The number of hydrogen-bond acceptors (Lipinski definition) is 8. The Kier molecular flexibility index (Phi) is 6.88. The Hall–Kier alpha value is -3.86. The number of methoxy groups -OCH3 is 2. The van der Waals surface area contributed by atoms with E-state index in [2.05, 4.69) is 20.0 Å². The second kappa shape index (κ2) is 9.76. The number of aromatic nitrogens is 2. The van der Waals surface area contributed by atoms with Crippen LogP contribution in [-0.2, 0) is 14.8 Å². The third-order valence-electron chi connectivity index (χ3n) is 3.87. The molecule has 1 amide bonds. The van der Waals surface area contributed by atoms with Crippen molar-refractivity contribution in [3.05, 3.63) is 60.7 Å². The van der Waals surface area contributed by atoms with Gasteiger partial charge in [0.2, 0.25) is 5.88 Å². The van der Waals surface area contributed by atoms with E-state index >= 15 is 0 Å². The largest absolute Gasteiger partial charge is 0.484 e. The van der Waals surface area contributed by atoms with Gasteiger partial charge in [-0.1, -0.05) is 18.2 Å². The summed E-state index contributed by atoms with van der Waals surface area (Å²) < 4.78 is 42.9. The minimum atomic E-state index is -3.94. The molecule has 1 aromatic heterocycles. The van der Waals surface area contributed by atoms with E-state index in [4.69, 9.17) is 14.2 Å². The number of ether oxygens (including phenoxy) is 3. The van der Waals surface area contributed by atoms with Gasteiger partial charge in [0.15, 0.2) is 12.4 Å². The lowest BCUT2D eigenvalue weighted by molar-refractivity contribution is -0.118. The van der Waals surface area contributed by atoms with Crippen LogP contribution >= 0.6 is 0 Å². The van der Waals surface area contributed by atoms with Gasteiger partial charge in [-0.25, -0.2) is 8.42 Å². The van der Waals surface area contributed by atoms with Crippen molar-refractivity contribution in [3.8, 4) is 17.6 Å². The van der Waals surface area contributed by atoms with Gasteiger partial charge < -0.3 is 19.5 Å². The maximum Gasteiger partial charge on any atom is 0.321 e. The van der Waals surface area contributed by atoms with Crippen molar-refractivity contribution in [1.29, 1.82) is 0 Å². The average Bonchev–Trinajstić information content (AvgIpc) is 2.78. The number of carbonyl (C=O) groups is 1. The van der Waals surface area contributed by atoms with Crippen LogP contribution < -0.4 is 24.2 Å². The van der Waals surface area contributed by atoms with Crippen LogP contribution in [0.3, 0.4) is 0 Å². The van der Waals surface area contributed by atoms with E-state index < -0.39 is 10.0 Å². The molecule has 0 radical (unpaired) electrons. The van der Waals surface area contributed by atoms with Crippen LogP contribution in [0.15, 0.2) is 65.6 Å². The molecule has 31 heavy (non-hydrogen) atoms. The number of anilines is 2. The SMILES string of the molecule is COc1cc(NS(=O)(=O)c2ccc(NC(=O)COc3ccccc3)cc2)nc(OC)n1. The van der Waals surface area contributed by atoms with Crippen LogP contribution in [0.1, 0.15) is 0 Å². The first-order valence-electron chi connectivity index (χ1n) is 8.97. The molecule has 162 valence electrons. The number of hydrogen-bond donors (Lipinski definition) is 2. The lowest BCUT2D eigenvalue weighted by atomic mass is 10.3. The highest BCUT2D eigenvalue weighted by Crippen LogP contribution is 2.21. The zero-order valence-electron chi connectivity index (χ0n) is 16.7. The molecule has 0 aliphatic carbocycles. The Labute approximate surface area is 179 Å². The maximum atomic E-state index is 12.6. The number of nitrogens with one attached hydrogen (secondary N) is 2. The molecule has 0 bridgehead atoms. The number of rotatable bonds is 9. The molecule has 2 N–H and O–H groups in total. The number of nitrogens with zero attached hydrogens (tertiary/aromatic N) is 2. The summed E-state index contributed by atoms with van der Waals surface area (Å²) in [5.41, 5.74) is 0.422. The predicted molar refractivity (Wildman–Crippen MR) is 113 cm³/mol. The first-order valence-corrected chi connectivity index (χ1v) is 10.5. The predicted octanol–water partition coefficient (Wildman–Crippen LogP) is 2.31. The Morgan fingerprint density at radius 1 is 0.968 bits per heavy atom. The molecule has 0 atom stereocenters. The van der Waals surface area contributed by atoms with Crippen LogP contribution in [0, 0.1) is 0 Å². The van der Waals surface area contributed by atoms with Crippen molar-refractivity contribution in [2.24, 2.45) is 0 Å². The zero-order valence-corrected chi connectivity index (χ0v) is 17.5. The van der Waals surface area contributed by atoms with Gasteiger partial charge in [-0.15, -0.1) is 0 Å². The van der Waals surface area contributed by atoms with Crippen molar-refractivity contribution in [2.45, 2.75) is 4.90 Å². The van der Waals surface area contributed by atoms with Crippen molar-refractivity contribution in [2.75, 3.05) is 30.9 Å². The Morgan fingerprint density at radius 2 is 1.68 bits per heavy atom. The molecule has 10 nitrogen and oxygen atoms in total. The molecule has 1 heterocycles. The fourth-order valence-corrected chi connectivity index (χ4v) is 3.42. The van der Waals surface area contributed by atoms with E-state index in [1.807, 2.05) is 6.07 Å². The molecule has 11 heteroatoms. The molecular formula is C20H20N4O6S. The van der Waals surface area contributed by atoms with Crippen molar-refractivity contribution in [1.82, 2.24) is 9.97 Å². The van der Waals surface area contributed by atoms with E-state index in [0.29, 0.717) is 11.4 Å². The minimum Gasteiger partial charge on any atom is -0.484 e. The van der Waals surface area contributed by atoms with Gasteiger partial charge in [0, 0.05) is 11.8 Å². The van der Waals surface area contributed by atoms with Crippen LogP contribution in [0.25, 0.3) is 0 Å². The van der Waals surface area contributed by atoms with E-state index in [-0.39, 0.29) is 35.1 Å². The number of benzene rings is 2. The van der Waals surface area contributed by atoms with Crippen LogP contribution in [0.5, 0.6) is 17.6 Å². The molecule has 0 aliphatic rings. The lowest BCUT2D eigenvalue weighted by Gasteiger charge is -2.11. The smallest absolute Gasteiger partial charge is 0.321 e. The third-order valence-corrected chi connectivity index (χ3v) is 5.24. The van der Waals surface area contributed by atoms with Crippen molar-refractivity contribution < 1.29 is 27.4 Å². The highest BCUT2D eigenvalue weighted by molar-refractivity contribution is 7.92. The van der Waals surface area contributed by atoms with Gasteiger partial charge in [-0.05, 0) is 36.4 Å². The molecule has 3 rings (SSSR count). The summed E-state index contributed by atoms with van der Waals surface area (Å²) in [6, 6.07) is 15.8. The molecule has 0 saturated carbocycles. The normalized spacial score (nSPS) is 10.8. The monoisotopic (exact) mass is 444 g/mol. The molecule has 2 aromatic carbocycles. The molecule has 3 aromatic rings. The highest BCUT2D eigenvalue weighted by atomic mass is 32.2. The van der Waals surface area contributed by atoms with E-state index in [1.165, 1.54) is 44.6 Å². The van der Waals surface area contributed by atoms with Gasteiger partial charge in [0.1, 0.15) is 5.75 Å².